The number of hydrogen-bond donors (Lipinski definition) is 1. The van der Waals surface area contributed by atoms with Gasteiger partial charge in [-0.15, -0.1) is 0 Å². The number of rotatable bonds is 5. The van der Waals surface area contributed by atoms with Crippen molar-refractivity contribution in [2.75, 3.05) is 23.3 Å². The van der Waals surface area contributed by atoms with Crippen molar-refractivity contribution in [3.05, 3.63) is 66.6 Å². The molecule has 0 unspecified atom stereocenters. The number of ether oxygens (including phenoxy) is 1. The van der Waals surface area contributed by atoms with Gasteiger partial charge in [0.2, 0.25) is 0 Å². The van der Waals surface area contributed by atoms with E-state index in [1.54, 1.807) is 6.26 Å². The molecule has 3 rings (SSSR count). The molecule has 1 aliphatic rings. The smallest absolute Gasteiger partial charge is 0.150 e. The molecule has 0 spiro atoms. The Bertz CT molecular complexity index is 637. The molecule has 1 N–H and O–H groups in total. The Balaban J connectivity index is 1.60. The largest absolute Gasteiger partial charge is 0.461 e. The van der Waals surface area contributed by atoms with E-state index in [-0.39, 0.29) is 0 Å². The highest BCUT2D eigenvalue weighted by molar-refractivity contribution is 5.62. The molecule has 0 fully saturated rings. The van der Waals surface area contributed by atoms with Crippen molar-refractivity contribution in [1.82, 2.24) is 0 Å². The number of nitrogens with one attached hydrogen (secondary N) is 1. The maximum Gasteiger partial charge on any atom is 0.150 e. The van der Waals surface area contributed by atoms with Crippen LogP contribution >= 0.6 is 0 Å². The monoisotopic (exact) mass is 280 g/mol. The first-order valence-electron chi connectivity index (χ1n) is 7.38. The maximum atomic E-state index is 5.51. The van der Waals surface area contributed by atoms with Gasteiger partial charge in [-0.25, -0.2) is 0 Å². The molecule has 0 amide bonds. The fraction of sp³-hybridized carbons (Fsp3) is 0.222. The van der Waals surface area contributed by atoms with Gasteiger partial charge in [0.1, 0.15) is 12.0 Å². The summed E-state index contributed by atoms with van der Waals surface area (Å²) < 4.78 is 5.51. The van der Waals surface area contributed by atoms with Crippen LogP contribution in [0.15, 0.2) is 61.0 Å². The zero-order chi connectivity index (χ0) is 14.5. The Labute approximate surface area is 125 Å². The van der Waals surface area contributed by atoms with E-state index in [1.807, 2.05) is 24.4 Å². The van der Waals surface area contributed by atoms with Crippen molar-refractivity contribution in [2.45, 2.75) is 13.3 Å². The zero-order valence-corrected chi connectivity index (χ0v) is 12.3. The summed E-state index contributed by atoms with van der Waals surface area (Å²) in [7, 11) is 0. The summed E-state index contributed by atoms with van der Waals surface area (Å²) >= 11 is 0. The molecule has 21 heavy (non-hydrogen) atoms. The second-order valence-corrected chi connectivity index (χ2v) is 5.04. The number of benzene rings is 2. The third-order valence-electron chi connectivity index (χ3n) is 3.63. The number of fused-ring (bicyclic) bond motifs is 1. The van der Waals surface area contributed by atoms with Gasteiger partial charge in [0.15, 0.2) is 0 Å². The first-order valence-corrected chi connectivity index (χ1v) is 7.38. The summed E-state index contributed by atoms with van der Waals surface area (Å²) in [6.07, 6.45) is 4.78. The SMILES string of the molecule is CCc1cccc(NCCN2C=COc3ccccc32)c1. The van der Waals surface area contributed by atoms with Gasteiger partial charge in [0, 0.05) is 25.0 Å². The lowest BCUT2D eigenvalue weighted by Gasteiger charge is -2.26. The van der Waals surface area contributed by atoms with Gasteiger partial charge in [-0.3, -0.25) is 0 Å². The third-order valence-corrected chi connectivity index (χ3v) is 3.63. The van der Waals surface area contributed by atoms with Gasteiger partial charge in [0.25, 0.3) is 0 Å². The molecule has 0 aromatic heterocycles. The van der Waals surface area contributed by atoms with Crippen LogP contribution < -0.4 is 15.0 Å². The van der Waals surface area contributed by atoms with Crippen LogP contribution in [-0.4, -0.2) is 13.1 Å². The average molecular weight is 280 g/mol. The van der Waals surface area contributed by atoms with Crippen LogP contribution in [-0.2, 0) is 6.42 Å². The molecule has 0 aliphatic carbocycles. The minimum Gasteiger partial charge on any atom is -0.461 e. The van der Waals surface area contributed by atoms with E-state index < -0.39 is 0 Å². The predicted octanol–water partition coefficient (Wildman–Crippen LogP) is 4.03. The third kappa shape index (κ3) is 3.19. The Morgan fingerprint density at radius 3 is 2.90 bits per heavy atom. The first kappa shape index (κ1) is 13.6. The zero-order valence-electron chi connectivity index (χ0n) is 12.3. The lowest BCUT2D eigenvalue weighted by Crippen LogP contribution is -2.26. The molecule has 2 aromatic carbocycles. The van der Waals surface area contributed by atoms with Crippen LogP contribution in [0.1, 0.15) is 12.5 Å². The molecule has 1 aliphatic heterocycles. The predicted molar refractivity (Wildman–Crippen MR) is 87.9 cm³/mol. The van der Waals surface area contributed by atoms with E-state index >= 15 is 0 Å². The molecule has 1 heterocycles. The van der Waals surface area contributed by atoms with E-state index in [0.29, 0.717) is 0 Å². The highest BCUT2D eigenvalue weighted by Gasteiger charge is 2.12. The van der Waals surface area contributed by atoms with Crippen LogP contribution in [0.3, 0.4) is 0 Å². The molecule has 2 aromatic rings. The highest BCUT2D eigenvalue weighted by atomic mass is 16.5. The minimum absolute atomic E-state index is 0.881. The molecule has 0 atom stereocenters. The normalized spacial score (nSPS) is 12.7. The van der Waals surface area contributed by atoms with E-state index in [9.17, 15) is 0 Å². The Morgan fingerprint density at radius 2 is 2.00 bits per heavy atom. The lowest BCUT2D eigenvalue weighted by molar-refractivity contribution is 0.469. The topological polar surface area (TPSA) is 24.5 Å². The Hall–Kier alpha value is -2.42. The van der Waals surface area contributed by atoms with E-state index in [1.165, 1.54) is 11.3 Å². The summed E-state index contributed by atoms with van der Waals surface area (Å²) in [5.74, 6) is 0.910. The van der Waals surface area contributed by atoms with Gasteiger partial charge in [0.05, 0.1) is 5.69 Å². The minimum atomic E-state index is 0.881. The van der Waals surface area contributed by atoms with Crippen molar-refractivity contribution < 1.29 is 4.74 Å². The van der Waals surface area contributed by atoms with Crippen LogP contribution in [0.25, 0.3) is 0 Å². The highest BCUT2D eigenvalue weighted by Crippen LogP contribution is 2.31. The van der Waals surface area contributed by atoms with Crippen molar-refractivity contribution in [3.63, 3.8) is 0 Å². The van der Waals surface area contributed by atoms with Gasteiger partial charge in [-0.05, 0) is 36.2 Å². The summed E-state index contributed by atoms with van der Waals surface area (Å²) in [5.41, 5.74) is 3.65. The van der Waals surface area contributed by atoms with Crippen molar-refractivity contribution in [1.29, 1.82) is 0 Å². The van der Waals surface area contributed by atoms with Crippen molar-refractivity contribution in [3.8, 4) is 5.75 Å². The summed E-state index contributed by atoms with van der Waals surface area (Å²) in [6.45, 7) is 3.95. The summed E-state index contributed by atoms with van der Waals surface area (Å²) in [6, 6.07) is 16.7. The average Bonchev–Trinajstić information content (AvgIpc) is 2.55. The number of aryl methyl sites for hydroxylation is 1. The number of hydrogen-bond acceptors (Lipinski definition) is 3. The van der Waals surface area contributed by atoms with Gasteiger partial charge < -0.3 is 15.0 Å². The van der Waals surface area contributed by atoms with Crippen molar-refractivity contribution >= 4 is 11.4 Å². The first-order chi connectivity index (χ1) is 10.4. The summed E-state index contributed by atoms with van der Waals surface area (Å²) in [5, 5.41) is 3.48. The fourth-order valence-electron chi connectivity index (χ4n) is 2.47. The van der Waals surface area contributed by atoms with Crippen LogP contribution in [0.4, 0.5) is 11.4 Å². The number of anilines is 2. The van der Waals surface area contributed by atoms with Crippen molar-refractivity contribution in [2.24, 2.45) is 0 Å². The molecular formula is C18H20N2O. The van der Waals surface area contributed by atoms with E-state index in [2.05, 4.69) is 47.5 Å². The van der Waals surface area contributed by atoms with Gasteiger partial charge in [-0.2, -0.15) is 0 Å². The lowest BCUT2D eigenvalue weighted by atomic mass is 10.1. The number of para-hydroxylation sites is 2. The standard InChI is InChI=1S/C18H20N2O/c1-2-15-6-5-7-16(14-15)19-10-11-20-12-13-21-18-9-4-3-8-17(18)20/h3-9,12-14,19H,2,10-11H2,1H3. The Morgan fingerprint density at radius 1 is 1.10 bits per heavy atom. The molecular weight excluding hydrogens is 260 g/mol. The second-order valence-electron chi connectivity index (χ2n) is 5.04. The molecule has 3 heteroatoms. The quantitative estimate of drug-likeness (QED) is 0.895. The molecule has 3 nitrogen and oxygen atoms in total. The number of nitrogens with zero attached hydrogens (tertiary/aromatic N) is 1. The Kier molecular flexibility index (Phi) is 4.10. The van der Waals surface area contributed by atoms with Crippen LogP contribution in [0.2, 0.25) is 0 Å². The summed E-state index contributed by atoms with van der Waals surface area (Å²) in [4.78, 5) is 2.20. The fourth-order valence-corrected chi connectivity index (χ4v) is 2.47. The van der Waals surface area contributed by atoms with Gasteiger partial charge in [-0.1, -0.05) is 31.2 Å². The molecule has 0 saturated carbocycles. The van der Waals surface area contributed by atoms with Crippen LogP contribution in [0.5, 0.6) is 5.75 Å². The maximum absolute atomic E-state index is 5.51. The second kappa shape index (κ2) is 6.35. The molecule has 0 bridgehead atoms. The molecule has 108 valence electrons. The van der Waals surface area contributed by atoms with Crippen LogP contribution in [0, 0.1) is 0 Å². The molecule has 0 saturated heterocycles. The van der Waals surface area contributed by atoms with Gasteiger partial charge >= 0.3 is 0 Å². The molecule has 0 radical (unpaired) electrons. The van der Waals surface area contributed by atoms with E-state index in [0.717, 1.165) is 30.9 Å². The van der Waals surface area contributed by atoms with E-state index in [4.69, 9.17) is 4.74 Å².